The standard InChI is InChI=1S/C21H28N6O3S/c1-3-16(23-9-10-25-11-13-26(14-12-25)21(31)22-2)17-18(28)24-20(30)27(19(17)29)15-7-5-4-6-8-15/h4-8,29H,3,9-14H2,1-2H3,(H,22,31)(H,24,28,30). The number of aliphatic imine (C=N–C) groups is 1. The van der Waals surface area contributed by atoms with Crippen molar-refractivity contribution in [1.29, 1.82) is 0 Å². The van der Waals surface area contributed by atoms with Crippen LogP contribution in [0.5, 0.6) is 5.88 Å². The van der Waals surface area contributed by atoms with E-state index in [1.54, 1.807) is 24.3 Å². The summed E-state index contributed by atoms with van der Waals surface area (Å²) in [6.45, 7) is 6.56. The number of rotatable bonds is 6. The van der Waals surface area contributed by atoms with Gasteiger partial charge in [-0.05, 0) is 30.8 Å². The van der Waals surface area contributed by atoms with Crippen LogP contribution in [0, 0.1) is 0 Å². The highest BCUT2D eigenvalue weighted by atomic mass is 32.1. The van der Waals surface area contributed by atoms with Gasteiger partial charge in [-0.25, -0.2) is 9.36 Å². The molecule has 1 aromatic carbocycles. The minimum absolute atomic E-state index is 0.0372. The molecule has 31 heavy (non-hydrogen) atoms. The molecule has 0 radical (unpaired) electrons. The molecule has 3 rings (SSSR count). The molecule has 10 heteroatoms. The van der Waals surface area contributed by atoms with E-state index in [2.05, 4.69) is 25.1 Å². The zero-order valence-corrected chi connectivity index (χ0v) is 18.6. The number of thiocarbonyl (C=S) groups is 1. The molecule has 0 saturated carbocycles. The van der Waals surface area contributed by atoms with E-state index in [-0.39, 0.29) is 5.56 Å². The summed E-state index contributed by atoms with van der Waals surface area (Å²) in [5.74, 6) is -0.394. The minimum atomic E-state index is -0.690. The highest BCUT2D eigenvalue weighted by molar-refractivity contribution is 7.80. The summed E-state index contributed by atoms with van der Waals surface area (Å²) in [5, 5.41) is 14.5. The lowest BCUT2D eigenvalue weighted by atomic mass is 10.1. The van der Waals surface area contributed by atoms with Gasteiger partial charge in [-0.3, -0.25) is 19.7 Å². The van der Waals surface area contributed by atoms with Crippen LogP contribution in [0.3, 0.4) is 0 Å². The molecule has 0 amide bonds. The van der Waals surface area contributed by atoms with Gasteiger partial charge in [0.15, 0.2) is 5.11 Å². The number of hydrogen-bond donors (Lipinski definition) is 3. The number of benzene rings is 1. The fraction of sp³-hybridized carbons (Fsp3) is 0.429. The Hall–Kier alpha value is -2.98. The number of para-hydroxylation sites is 1. The molecule has 9 nitrogen and oxygen atoms in total. The van der Waals surface area contributed by atoms with Gasteiger partial charge in [0.05, 0.1) is 17.9 Å². The fourth-order valence-electron chi connectivity index (χ4n) is 3.63. The molecule has 166 valence electrons. The first-order valence-corrected chi connectivity index (χ1v) is 10.7. The van der Waals surface area contributed by atoms with Crippen LogP contribution in [0.2, 0.25) is 0 Å². The smallest absolute Gasteiger partial charge is 0.335 e. The molecule has 0 aliphatic carbocycles. The molecular formula is C21H28N6O3S. The maximum Gasteiger partial charge on any atom is 0.335 e. The maximum atomic E-state index is 12.5. The van der Waals surface area contributed by atoms with E-state index in [1.807, 2.05) is 20.0 Å². The SMILES string of the molecule is CCC(=NCCN1CCN(C(=S)NC)CC1)c1c(O)n(-c2ccccc2)c(=O)[nH]c1=O. The molecule has 1 aromatic heterocycles. The van der Waals surface area contributed by atoms with Crippen LogP contribution in [0.4, 0.5) is 0 Å². The number of aromatic nitrogens is 2. The van der Waals surface area contributed by atoms with E-state index in [0.29, 0.717) is 24.4 Å². The van der Waals surface area contributed by atoms with Crippen molar-refractivity contribution in [3.63, 3.8) is 0 Å². The molecule has 2 heterocycles. The average molecular weight is 445 g/mol. The molecule has 0 spiro atoms. The third kappa shape index (κ3) is 5.20. The van der Waals surface area contributed by atoms with Gasteiger partial charge in [0, 0.05) is 39.8 Å². The number of aromatic hydroxyl groups is 1. The Morgan fingerprint density at radius 3 is 2.48 bits per heavy atom. The predicted octanol–water partition coefficient (Wildman–Crippen LogP) is 0.552. The maximum absolute atomic E-state index is 12.5. The van der Waals surface area contributed by atoms with Crippen molar-refractivity contribution in [2.24, 2.45) is 4.99 Å². The van der Waals surface area contributed by atoms with Gasteiger partial charge >= 0.3 is 5.69 Å². The number of nitrogens with zero attached hydrogens (tertiary/aromatic N) is 4. The lowest BCUT2D eigenvalue weighted by molar-refractivity contribution is 0.186. The van der Waals surface area contributed by atoms with Gasteiger partial charge in [-0.15, -0.1) is 0 Å². The third-order valence-electron chi connectivity index (χ3n) is 5.32. The van der Waals surface area contributed by atoms with Crippen molar-refractivity contribution in [3.05, 3.63) is 56.7 Å². The molecule has 1 fully saturated rings. The summed E-state index contributed by atoms with van der Waals surface area (Å²) >= 11 is 5.28. The number of nitrogens with one attached hydrogen (secondary N) is 2. The van der Waals surface area contributed by atoms with E-state index in [1.165, 1.54) is 0 Å². The van der Waals surface area contributed by atoms with E-state index in [0.717, 1.165) is 42.4 Å². The van der Waals surface area contributed by atoms with Gasteiger partial charge in [0.25, 0.3) is 5.56 Å². The molecule has 0 bridgehead atoms. The molecule has 1 aliphatic rings. The highest BCUT2D eigenvalue weighted by Crippen LogP contribution is 2.18. The van der Waals surface area contributed by atoms with Gasteiger partial charge in [-0.1, -0.05) is 25.1 Å². The second-order valence-electron chi connectivity index (χ2n) is 7.19. The molecule has 1 aliphatic heterocycles. The Morgan fingerprint density at radius 1 is 1.19 bits per heavy atom. The zero-order valence-electron chi connectivity index (χ0n) is 17.8. The molecule has 1 saturated heterocycles. The van der Waals surface area contributed by atoms with Crippen LogP contribution in [-0.4, -0.2) is 81.6 Å². The van der Waals surface area contributed by atoms with E-state index < -0.39 is 17.1 Å². The first-order valence-electron chi connectivity index (χ1n) is 10.3. The van der Waals surface area contributed by atoms with E-state index in [4.69, 9.17) is 12.2 Å². The molecule has 0 unspecified atom stereocenters. The van der Waals surface area contributed by atoms with Crippen LogP contribution in [0.1, 0.15) is 18.9 Å². The first-order chi connectivity index (χ1) is 15.0. The number of hydrogen-bond acceptors (Lipinski definition) is 6. The van der Waals surface area contributed by atoms with Crippen molar-refractivity contribution >= 4 is 23.0 Å². The Bertz CT molecular complexity index is 1060. The van der Waals surface area contributed by atoms with Crippen LogP contribution in [-0.2, 0) is 0 Å². The summed E-state index contributed by atoms with van der Waals surface area (Å²) in [7, 11) is 1.83. The topological polar surface area (TPSA) is 106 Å². The molecular weight excluding hydrogens is 416 g/mol. The second kappa shape index (κ2) is 10.4. The number of aromatic amines is 1. The van der Waals surface area contributed by atoms with Gasteiger partial charge in [0.2, 0.25) is 5.88 Å². The summed E-state index contributed by atoms with van der Waals surface area (Å²) < 4.78 is 1.09. The molecule has 3 N–H and O–H groups in total. The van der Waals surface area contributed by atoms with Gasteiger partial charge in [0.1, 0.15) is 5.56 Å². The predicted molar refractivity (Wildman–Crippen MR) is 126 cm³/mol. The van der Waals surface area contributed by atoms with E-state index in [9.17, 15) is 14.7 Å². The Morgan fingerprint density at radius 2 is 1.87 bits per heavy atom. The monoisotopic (exact) mass is 444 g/mol. The normalized spacial score (nSPS) is 15.2. The third-order valence-corrected chi connectivity index (χ3v) is 5.78. The molecule has 0 atom stereocenters. The van der Waals surface area contributed by atoms with Crippen molar-refractivity contribution < 1.29 is 5.11 Å². The average Bonchev–Trinajstić information content (AvgIpc) is 2.78. The zero-order chi connectivity index (χ0) is 22.4. The highest BCUT2D eigenvalue weighted by Gasteiger charge is 2.20. The quantitative estimate of drug-likeness (QED) is 0.441. The lowest BCUT2D eigenvalue weighted by Crippen LogP contribution is -2.51. The summed E-state index contributed by atoms with van der Waals surface area (Å²) in [6.07, 6.45) is 0.452. The molecule has 2 aromatic rings. The number of piperazine rings is 1. The Kier molecular flexibility index (Phi) is 7.59. The van der Waals surface area contributed by atoms with Crippen LogP contribution < -0.4 is 16.6 Å². The first kappa shape index (κ1) is 22.7. The van der Waals surface area contributed by atoms with E-state index >= 15 is 0 Å². The number of H-pyrrole nitrogens is 1. The largest absolute Gasteiger partial charge is 0.493 e. The summed E-state index contributed by atoms with van der Waals surface area (Å²) in [5.41, 5.74) is -0.349. The summed E-state index contributed by atoms with van der Waals surface area (Å²) in [6, 6.07) is 8.69. The van der Waals surface area contributed by atoms with Crippen molar-refractivity contribution in [1.82, 2.24) is 24.7 Å². The minimum Gasteiger partial charge on any atom is -0.493 e. The fourth-order valence-corrected chi connectivity index (χ4v) is 3.81. The van der Waals surface area contributed by atoms with Crippen molar-refractivity contribution in [2.75, 3.05) is 46.3 Å². The van der Waals surface area contributed by atoms with Gasteiger partial charge < -0.3 is 15.3 Å². The summed E-state index contributed by atoms with van der Waals surface area (Å²) in [4.78, 5) is 36.1. The van der Waals surface area contributed by atoms with Crippen LogP contribution in [0.15, 0.2) is 44.9 Å². The lowest BCUT2D eigenvalue weighted by Gasteiger charge is -2.35. The van der Waals surface area contributed by atoms with Crippen molar-refractivity contribution in [3.8, 4) is 11.6 Å². The van der Waals surface area contributed by atoms with Gasteiger partial charge in [-0.2, -0.15) is 0 Å². The Labute approximate surface area is 186 Å². The second-order valence-corrected chi connectivity index (χ2v) is 7.58. The van der Waals surface area contributed by atoms with Crippen LogP contribution in [0.25, 0.3) is 5.69 Å². The van der Waals surface area contributed by atoms with Crippen LogP contribution >= 0.6 is 12.2 Å². The van der Waals surface area contributed by atoms with Crippen molar-refractivity contribution in [2.45, 2.75) is 13.3 Å². The Balaban J connectivity index is 1.77.